The van der Waals surface area contributed by atoms with Crippen molar-refractivity contribution in [2.75, 3.05) is 0 Å². The van der Waals surface area contributed by atoms with Crippen LogP contribution >= 0.6 is 0 Å². The average Bonchev–Trinajstić information content (AvgIpc) is 3.01. The molecule has 1 heterocycles. The fourth-order valence-corrected chi connectivity index (χ4v) is 3.21. The Bertz CT molecular complexity index is 333. The van der Waals surface area contributed by atoms with Crippen LogP contribution in [0.4, 0.5) is 0 Å². The van der Waals surface area contributed by atoms with Gasteiger partial charge in [0.25, 0.3) is 0 Å². The lowest BCUT2D eigenvalue weighted by molar-refractivity contribution is 0.429. The molecule has 3 heteroatoms. The molecule has 0 radical (unpaired) electrons. The monoisotopic (exact) mass is 219 g/mol. The van der Waals surface area contributed by atoms with Crippen LogP contribution in [-0.2, 0) is 0 Å². The lowest BCUT2D eigenvalue weighted by atomic mass is 9.89. The lowest BCUT2D eigenvalue weighted by Gasteiger charge is -2.18. The predicted octanol–water partition coefficient (Wildman–Crippen LogP) is 3.51. The Balaban J connectivity index is 1.71. The highest BCUT2D eigenvalue weighted by Crippen LogP contribution is 2.34. The topological polar surface area (TPSA) is 41.6 Å². The molecular weight excluding hydrogens is 198 g/mol. The van der Waals surface area contributed by atoms with Crippen molar-refractivity contribution in [2.24, 2.45) is 0 Å². The van der Waals surface area contributed by atoms with E-state index in [2.05, 4.69) is 10.2 Å². The molecule has 88 valence electrons. The molecule has 0 unspecified atom stereocenters. The minimum Gasteiger partial charge on any atom is -0.263 e. The first kappa shape index (κ1) is 10.3. The predicted molar refractivity (Wildman–Crippen MR) is 63.4 cm³/mol. The van der Waals surface area contributed by atoms with Crippen molar-refractivity contribution in [1.82, 2.24) is 15.2 Å². The Morgan fingerprint density at radius 1 is 0.812 bits per heavy atom. The van der Waals surface area contributed by atoms with Gasteiger partial charge < -0.3 is 0 Å². The summed E-state index contributed by atoms with van der Waals surface area (Å²) in [4.78, 5) is 4.75. The van der Waals surface area contributed by atoms with Crippen LogP contribution < -0.4 is 0 Å². The molecule has 1 N–H and O–H groups in total. The number of nitrogens with one attached hydrogen (secondary N) is 1. The number of H-pyrrole nitrogens is 1. The quantitative estimate of drug-likeness (QED) is 0.827. The van der Waals surface area contributed by atoms with Crippen molar-refractivity contribution in [3.8, 4) is 0 Å². The largest absolute Gasteiger partial charge is 0.263 e. The fraction of sp³-hybridized carbons (Fsp3) is 0.846. The molecule has 0 spiro atoms. The molecule has 0 amide bonds. The Kier molecular flexibility index (Phi) is 2.94. The van der Waals surface area contributed by atoms with Crippen LogP contribution in [0.1, 0.15) is 81.3 Å². The number of nitrogens with zero attached hydrogens (tertiary/aromatic N) is 2. The molecule has 0 aromatic carbocycles. The molecule has 0 saturated heterocycles. The summed E-state index contributed by atoms with van der Waals surface area (Å²) in [7, 11) is 0. The molecule has 16 heavy (non-hydrogen) atoms. The van der Waals surface area contributed by atoms with Gasteiger partial charge in [0, 0.05) is 11.8 Å². The van der Waals surface area contributed by atoms with E-state index in [0.717, 1.165) is 11.6 Å². The number of aromatic amines is 1. The van der Waals surface area contributed by atoms with Gasteiger partial charge in [-0.1, -0.05) is 32.1 Å². The highest BCUT2D eigenvalue weighted by molar-refractivity contribution is 5.04. The summed E-state index contributed by atoms with van der Waals surface area (Å²) in [5.41, 5.74) is 0. The van der Waals surface area contributed by atoms with E-state index in [1.807, 2.05) is 0 Å². The zero-order chi connectivity index (χ0) is 10.8. The first-order chi connectivity index (χ1) is 7.93. The number of rotatable bonds is 2. The van der Waals surface area contributed by atoms with Gasteiger partial charge in [0.2, 0.25) is 0 Å². The summed E-state index contributed by atoms with van der Waals surface area (Å²) >= 11 is 0. The maximum Gasteiger partial charge on any atom is 0.153 e. The molecule has 1 aromatic rings. The number of hydrogen-bond acceptors (Lipinski definition) is 2. The number of hydrogen-bond donors (Lipinski definition) is 1. The third kappa shape index (κ3) is 2.00. The Morgan fingerprint density at radius 2 is 1.44 bits per heavy atom. The van der Waals surface area contributed by atoms with Gasteiger partial charge in [0.15, 0.2) is 5.82 Å². The zero-order valence-corrected chi connectivity index (χ0v) is 9.91. The van der Waals surface area contributed by atoms with Crippen LogP contribution in [-0.4, -0.2) is 15.2 Å². The second-order valence-corrected chi connectivity index (χ2v) is 5.40. The van der Waals surface area contributed by atoms with Crippen LogP contribution in [0.25, 0.3) is 0 Å². The standard InChI is InChI=1S/C13H21N3/c1-2-6-10(7-3-1)12-14-13(16-15-12)11-8-4-5-9-11/h10-11H,1-9H2,(H,14,15,16). The normalized spacial score (nSPS) is 24.0. The van der Waals surface area contributed by atoms with Crippen molar-refractivity contribution < 1.29 is 0 Å². The molecule has 0 bridgehead atoms. The van der Waals surface area contributed by atoms with Gasteiger partial charge in [-0.05, 0) is 25.7 Å². The first-order valence-electron chi connectivity index (χ1n) is 6.85. The molecule has 3 rings (SSSR count). The highest BCUT2D eigenvalue weighted by atomic mass is 15.2. The minimum absolute atomic E-state index is 0.639. The van der Waals surface area contributed by atoms with E-state index < -0.39 is 0 Å². The van der Waals surface area contributed by atoms with E-state index in [1.54, 1.807) is 0 Å². The minimum atomic E-state index is 0.639. The third-order valence-electron chi connectivity index (χ3n) is 4.23. The smallest absolute Gasteiger partial charge is 0.153 e. The summed E-state index contributed by atoms with van der Waals surface area (Å²) in [6.45, 7) is 0. The summed E-state index contributed by atoms with van der Waals surface area (Å²) in [6, 6.07) is 0. The van der Waals surface area contributed by atoms with E-state index in [1.165, 1.54) is 57.8 Å². The van der Waals surface area contributed by atoms with Crippen LogP contribution in [0.5, 0.6) is 0 Å². The van der Waals surface area contributed by atoms with Crippen LogP contribution in [0, 0.1) is 0 Å². The van der Waals surface area contributed by atoms with Gasteiger partial charge in [-0.2, -0.15) is 5.10 Å². The van der Waals surface area contributed by atoms with E-state index in [9.17, 15) is 0 Å². The maximum absolute atomic E-state index is 4.75. The van der Waals surface area contributed by atoms with E-state index >= 15 is 0 Å². The molecule has 0 atom stereocenters. The Labute approximate surface area is 97.1 Å². The van der Waals surface area contributed by atoms with Crippen molar-refractivity contribution >= 4 is 0 Å². The summed E-state index contributed by atoms with van der Waals surface area (Å²) < 4.78 is 0. The molecule has 0 aliphatic heterocycles. The second-order valence-electron chi connectivity index (χ2n) is 5.40. The third-order valence-corrected chi connectivity index (χ3v) is 4.23. The van der Waals surface area contributed by atoms with Crippen LogP contribution in [0.2, 0.25) is 0 Å². The maximum atomic E-state index is 4.75. The van der Waals surface area contributed by atoms with Gasteiger partial charge in [-0.15, -0.1) is 0 Å². The van der Waals surface area contributed by atoms with Gasteiger partial charge in [0.1, 0.15) is 5.82 Å². The molecule has 2 aliphatic rings. The molecule has 2 fully saturated rings. The SMILES string of the molecule is C1CCC(c2n[nH]c(C3CCCC3)n2)CC1. The van der Waals surface area contributed by atoms with Crippen LogP contribution in [0.3, 0.4) is 0 Å². The zero-order valence-electron chi connectivity index (χ0n) is 9.91. The van der Waals surface area contributed by atoms with Crippen molar-refractivity contribution in [3.05, 3.63) is 11.6 Å². The molecule has 3 nitrogen and oxygen atoms in total. The van der Waals surface area contributed by atoms with Crippen LogP contribution in [0.15, 0.2) is 0 Å². The molecule has 2 aliphatic carbocycles. The van der Waals surface area contributed by atoms with Crippen molar-refractivity contribution in [3.63, 3.8) is 0 Å². The summed E-state index contributed by atoms with van der Waals surface area (Å²) in [5, 5.41) is 7.63. The van der Waals surface area contributed by atoms with Crippen molar-refractivity contribution in [2.45, 2.75) is 69.6 Å². The first-order valence-corrected chi connectivity index (χ1v) is 6.85. The molecule has 1 aromatic heterocycles. The highest BCUT2D eigenvalue weighted by Gasteiger charge is 2.24. The molecule has 2 saturated carbocycles. The number of aromatic nitrogens is 3. The fourth-order valence-electron chi connectivity index (χ4n) is 3.21. The van der Waals surface area contributed by atoms with Gasteiger partial charge in [-0.3, -0.25) is 5.10 Å². The van der Waals surface area contributed by atoms with Crippen molar-refractivity contribution in [1.29, 1.82) is 0 Å². The molecular formula is C13H21N3. The summed E-state index contributed by atoms with van der Waals surface area (Å²) in [6.07, 6.45) is 12.0. The Morgan fingerprint density at radius 3 is 2.19 bits per heavy atom. The average molecular weight is 219 g/mol. The Hall–Kier alpha value is -0.860. The van der Waals surface area contributed by atoms with Gasteiger partial charge in [-0.25, -0.2) is 4.98 Å². The summed E-state index contributed by atoms with van der Waals surface area (Å²) in [5.74, 6) is 3.57. The van der Waals surface area contributed by atoms with E-state index in [-0.39, 0.29) is 0 Å². The van der Waals surface area contributed by atoms with Gasteiger partial charge in [0.05, 0.1) is 0 Å². The lowest BCUT2D eigenvalue weighted by Crippen LogP contribution is -2.06. The second kappa shape index (κ2) is 4.56. The van der Waals surface area contributed by atoms with E-state index in [0.29, 0.717) is 11.8 Å². The van der Waals surface area contributed by atoms with Gasteiger partial charge >= 0.3 is 0 Å². The van der Waals surface area contributed by atoms with E-state index in [4.69, 9.17) is 4.98 Å².